The summed E-state index contributed by atoms with van der Waals surface area (Å²) in [7, 11) is -3.03. The summed E-state index contributed by atoms with van der Waals surface area (Å²) in [5.41, 5.74) is 2.06. The molecule has 146 valence electrons. The minimum absolute atomic E-state index is 0.0438. The highest BCUT2D eigenvalue weighted by atomic mass is 32.2. The van der Waals surface area contributed by atoms with E-state index in [-0.39, 0.29) is 28.7 Å². The normalized spacial score (nSPS) is 28.8. The molecule has 2 aliphatic heterocycles. The van der Waals surface area contributed by atoms with Crippen LogP contribution in [0.25, 0.3) is 0 Å². The van der Waals surface area contributed by atoms with Gasteiger partial charge in [0.1, 0.15) is 0 Å². The van der Waals surface area contributed by atoms with Gasteiger partial charge in [-0.25, -0.2) is 8.42 Å². The maximum atomic E-state index is 12.5. The zero-order chi connectivity index (χ0) is 19.0. The summed E-state index contributed by atoms with van der Waals surface area (Å²) in [6.07, 6.45) is 6.44. The molecule has 7 heteroatoms. The molecule has 1 aliphatic carbocycles. The van der Waals surface area contributed by atoms with E-state index in [2.05, 4.69) is 4.99 Å². The van der Waals surface area contributed by atoms with E-state index >= 15 is 0 Å². The van der Waals surface area contributed by atoms with Crippen LogP contribution in [-0.2, 0) is 14.6 Å². The Kier molecular flexibility index (Phi) is 5.34. The van der Waals surface area contributed by atoms with Crippen molar-refractivity contribution in [2.75, 3.05) is 16.4 Å². The lowest BCUT2D eigenvalue weighted by Crippen LogP contribution is -2.37. The zero-order valence-corrected chi connectivity index (χ0v) is 17.3. The molecule has 2 saturated heterocycles. The van der Waals surface area contributed by atoms with Crippen molar-refractivity contribution in [2.45, 2.75) is 56.7 Å². The summed E-state index contributed by atoms with van der Waals surface area (Å²) < 4.78 is 24.2. The standard InChI is InChI=1S/C20H26N2O3S2/c1-14-6-9-16(10-7-14)22-17-12-27(24,25)13-18(17)26-20(22)21-19(23)11-8-15-4-2-3-5-15/h6-7,9-10,15,17-18H,2-5,8,11-13H2,1H3/t17-,18+/m1/s1. The fraction of sp³-hybridized carbons (Fsp3) is 0.600. The maximum Gasteiger partial charge on any atom is 0.248 e. The third-order valence-electron chi connectivity index (χ3n) is 5.84. The van der Waals surface area contributed by atoms with Gasteiger partial charge in [0.05, 0.1) is 17.5 Å². The van der Waals surface area contributed by atoms with Gasteiger partial charge in [-0.2, -0.15) is 4.99 Å². The summed E-state index contributed by atoms with van der Waals surface area (Å²) in [6.45, 7) is 2.02. The molecular weight excluding hydrogens is 380 g/mol. The molecule has 5 nitrogen and oxygen atoms in total. The predicted molar refractivity (Wildman–Crippen MR) is 111 cm³/mol. The lowest BCUT2D eigenvalue weighted by atomic mass is 10.0. The highest BCUT2D eigenvalue weighted by Crippen LogP contribution is 2.41. The maximum absolute atomic E-state index is 12.5. The van der Waals surface area contributed by atoms with Crippen LogP contribution in [0.4, 0.5) is 5.69 Å². The van der Waals surface area contributed by atoms with Gasteiger partial charge in [0.2, 0.25) is 5.91 Å². The van der Waals surface area contributed by atoms with Crippen LogP contribution in [0.1, 0.15) is 44.1 Å². The van der Waals surface area contributed by atoms with Gasteiger partial charge in [-0.05, 0) is 31.4 Å². The van der Waals surface area contributed by atoms with Crippen LogP contribution < -0.4 is 4.90 Å². The summed E-state index contributed by atoms with van der Waals surface area (Å²) in [6, 6.07) is 7.86. The molecule has 0 N–H and O–H groups in total. The first-order chi connectivity index (χ1) is 12.9. The van der Waals surface area contributed by atoms with E-state index in [9.17, 15) is 13.2 Å². The van der Waals surface area contributed by atoms with E-state index in [4.69, 9.17) is 0 Å². The number of amidine groups is 1. The quantitative estimate of drug-likeness (QED) is 0.765. The van der Waals surface area contributed by atoms with Gasteiger partial charge < -0.3 is 4.90 Å². The van der Waals surface area contributed by atoms with Crippen LogP contribution in [0.2, 0.25) is 0 Å². The Balaban J connectivity index is 1.54. The van der Waals surface area contributed by atoms with Crippen LogP contribution >= 0.6 is 11.8 Å². The number of aryl methyl sites for hydroxylation is 1. The number of anilines is 1. The Morgan fingerprint density at radius 3 is 2.59 bits per heavy atom. The largest absolute Gasteiger partial charge is 0.316 e. The Labute approximate surface area is 165 Å². The molecule has 4 rings (SSSR count). The topological polar surface area (TPSA) is 66.8 Å². The molecule has 0 radical (unpaired) electrons. The van der Waals surface area contributed by atoms with E-state index < -0.39 is 9.84 Å². The van der Waals surface area contributed by atoms with Crippen LogP contribution in [0.5, 0.6) is 0 Å². The van der Waals surface area contributed by atoms with Crippen LogP contribution in [0.15, 0.2) is 29.3 Å². The van der Waals surface area contributed by atoms with Crippen molar-refractivity contribution < 1.29 is 13.2 Å². The van der Waals surface area contributed by atoms with Gasteiger partial charge in [0, 0.05) is 17.4 Å². The minimum atomic E-state index is -3.03. The Morgan fingerprint density at radius 2 is 1.89 bits per heavy atom. The molecule has 0 bridgehead atoms. The minimum Gasteiger partial charge on any atom is -0.316 e. The number of carbonyl (C=O) groups is 1. The number of benzene rings is 1. The van der Waals surface area contributed by atoms with Crippen LogP contribution in [0.3, 0.4) is 0 Å². The third-order valence-corrected chi connectivity index (χ3v) is 9.05. The lowest BCUT2D eigenvalue weighted by molar-refractivity contribution is -0.118. The first-order valence-corrected chi connectivity index (χ1v) is 12.5. The summed E-state index contributed by atoms with van der Waals surface area (Å²) in [5.74, 6) is 0.890. The molecule has 0 spiro atoms. The first-order valence-electron chi connectivity index (χ1n) is 9.76. The summed E-state index contributed by atoms with van der Waals surface area (Å²) in [5, 5.41) is 0.623. The van der Waals surface area contributed by atoms with Gasteiger partial charge >= 0.3 is 0 Å². The molecule has 1 amide bonds. The van der Waals surface area contributed by atoms with Crippen LogP contribution in [0, 0.1) is 12.8 Å². The van der Waals surface area contributed by atoms with Gasteiger partial charge in [-0.1, -0.05) is 55.1 Å². The Bertz CT molecular complexity index is 842. The highest BCUT2D eigenvalue weighted by Gasteiger charge is 2.49. The number of aliphatic imine (C=N–C) groups is 1. The van der Waals surface area contributed by atoms with Crippen molar-refractivity contribution in [3.63, 3.8) is 0 Å². The molecule has 27 heavy (non-hydrogen) atoms. The number of hydrogen-bond acceptors (Lipinski definition) is 4. The number of thioether (sulfide) groups is 1. The molecule has 3 aliphatic rings. The molecule has 0 aromatic heterocycles. The fourth-order valence-electron chi connectivity index (χ4n) is 4.36. The molecule has 2 atom stereocenters. The van der Waals surface area contributed by atoms with E-state index in [1.165, 1.54) is 37.4 Å². The number of rotatable bonds is 4. The monoisotopic (exact) mass is 406 g/mol. The van der Waals surface area contributed by atoms with E-state index in [1.807, 2.05) is 36.1 Å². The number of nitrogens with zero attached hydrogens (tertiary/aromatic N) is 2. The van der Waals surface area contributed by atoms with E-state index in [0.717, 1.165) is 17.7 Å². The van der Waals surface area contributed by atoms with Crippen LogP contribution in [-0.4, -0.2) is 42.3 Å². The third kappa shape index (κ3) is 4.24. The fourth-order valence-corrected chi connectivity index (χ4v) is 8.29. The van der Waals surface area contributed by atoms with E-state index in [1.54, 1.807) is 0 Å². The predicted octanol–water partition coefficient (Wildman–Crippen LogP) is 3.57. The van der Waals surface area contributed by atoms with E-state index in [0.29, 0.717) is 17.5 Å². The molecule has 3 fully saturated rings. The van der Waals surface area contributed by atoms with Crippen molar-refractivity contribution in [1.82, 2.24) is 0 Å². The van der Waals surface area contributed by atoms with Gasteiger partial charge in [-0.3, -0.25) is 4.79 Å². The van der Waals surface area contributed by atoms with Crippen molar-refractivity contribution in [1.29, 1.82) is 0 Å². The number of amides is 1. The number of fused-ring (bicyclic) bond motifs is 1. The Morgan fingerprint density at radius 1 is 1.19 bits per heavy atom. The number of sulfone groups is 1. The SMILES string of the molecule is Cc1ccc(N2C(=NC(=O)CCC3CCCC3)S[C@H]3CS(=O)(=O)C[C@H]32)cc1. The highest BCUT2D eigenvalue weighted by molar-refractivity contribution is 8.16. The molecule has 2 heterocycles. The summed E-state index contributed by atoms with van der Waals surface area (Å²) >= 11 is 1.45. The Hall–Kier alpha value is -1.34. The van der Waals surface area contributed by atoms with Gasteiger partial charge in [-0.15, -0.1) is 0 Å². The molecule has 0 unspecified atom stereocenters. The second-order valence-corrected chi connectivity index (χ2v) is 11.3. The second-order valence-electron chi connectivity index (χ2n) is 7.98. The number of carbonyl (C=O) groups excluding carboxylic acids is 1. The van der Waals surface area contributed by atoms with Crippen molar-refractivity contribution in [3.05, 3.63) is 29.8 Å². The number of hydrogen-bond donors (Lipinski definition) is 0. The van der Waals surface area contributed by atoms with Crippen molar-refractivity contribution in [2.24, 2.45) is 10.9 Å². The molecular formula is C20H26N2O3S2. The zero-order valence-electron chi connectivity index (χ0n) is 15.6. The average Bonchev–Trinajstić information content (AvgIpc) is 3.29. The second kappa shape index (κ2) is 7.59. The molecule has 1 aromatic carbocycles. The van der Waals surface area contributed by atoms with Gasteiger partial charge in [0.25, 0.3) is 0 Å². The average molecular weight is 407 g/mol. The van der Waals surface area contributed by atoms with Crippen molar-refractivity contribution in [3.8, 4) is 0 Å². The first kappa shape index (κ1) is 19.0. The summed E-state index contributed by atoms with van der Waals surface area (Å²) in [4.78, 5) is 18.9. The lowest BCUT2D eigenvalue weighted by Gasteiger charge is -2.24. The molecule has 1 saturated carbocycles. The smallest absolute Gasteiger partial charge is 0.248 e. The molecule has 1 aromatic rings. The van der Waals surface area contributed by atoms with Gasteiger partial charge in [0.15, 0.2) is 15.0 Å². The van der Waals surface area contributed by atoms with Crippen molar-refractivity contribution >= 4 is 38.4 Å².